The number of piperazine rings is 1. The van der Waals surface area contributed by atoms with E-state index in [1.807, 2.05) is 53.4 Å². The van der Waals surface area contributed by atoms with Crippen LogP contribution in [0, 0.1) is 0 Å². The number of hydrogen-bond donors (Lipinski definition) is 2. The molecule has 3 aromatic rings. The van der Waals surface area contributed by atoms with E-state index in [1.54, 1.807) is 0 Å². The molecule has 0 radical (unpaired) electrons. The van der Waals surface area contributed by atoms with Gasteiger partial charge in [0.1, 0.15) is 5.82 Å². The predicted molar refractivity (Wildman–Crippen MR) is 103 cm³/mol. The van der Waals surface area contributed by atoms with Crippen LogP contribution in [-0.4, -0.2) is 40.4 Å². The van der Waals surface area contributed by atoms with Crippen LogP contribution >= 0.6 is 11.6 Å². The lowest BCUT2D eigenvalue weighted by Crippen LogP contribution is -2.48. The highest BCUT2D eigenvalue weighted by Crippen LogP contribution is 2.25. The van der Waals surface area contributed by atoms with E-state index in [0.29, 0.717) is 24.4 Å². The number of nitrogens with one attached hydrogen (secondary N) is 2. The fourth-order valence-corrected chi connectivity index (χ4v) is 3.71. The second-order valence-electron chi connectivity index (χ2n) is 6.56. The molecule has 6 heteroatoms. The SMILES string of the molecule is O=C(CCc1nc2ccccc2[nH]1)N1CCNCC1c1cccc(Cl)c1. The van der Waals surface area contributed by atoms with Gasteiger partial charge in [0.25, 0.3) is 0 Å². The van der Waals surface area contributed by atoms with Crippen molar-refractivity contribution in [2.75, 3.05) is 19.6 Å². The molecule has 1 atom stereocenters. The minimum atomic E-state index is 0.0191. The molecule has 1 fully saturated rings. The van der Waals surface area contributed by atoms with E-state index in [1.165, 1.54) is 0 Å². The lowest BCUT2D eigenvalue weighted by molar-refractivity contribution is -0.134. The molecule has 2 aromatic carbocycles. The lowest BCUT2D eigenvalue weighted by Gasteiger charge is -2.36. The summed E-state index contributed by atoms with van der Waals surface area (Å²) in [6, 6.07) is 15.7. The summed E-state index contributed by atoms with van der Waals surface area (Å²) in [5.41, 5.74) is 3.02. The molecule has 0 saturated carbocycles. The summed E-state index contributed by atoms with van der Waals surface area (Å²) in [6.07, 6.45) is 1.05. The van der Waals surface area contributed by atoms with Crippen LogP contribution in [0.2, 0.25) is 5.02 Å². The molecule has 0 aliphatic carbocycles. The quantitative estimate of drug-likeness (QED) is 0.742. The summed E-state index contributed by atoms with van der Waals surface area (Å²) in [5.74, 6) is 1.01. The number of aromatic nitrogens is 2. The van der Waals surface area contributed by atoms with Crippen molar-refractivity contribution >= 4 is 28.5 Å². The largest absolute Gasteiger partial charge is 0.342 e. The number of H-pyrrole nitrogens is 1. The number of hydrogen-bond acceptors (Lipinski definition) is 3. The predicted octanol–water partition coefficient (Wildman–Crippen LogP) is 3.32. The van der Waals surface area contributed by atoms with Crippen molar-refractivity contribution in [2.45, 2.75) is 18.9 Å². The van der Waals surface area contributed by atoms with Crippen molar-refractivity contribution in [2.24, 2.45) is 0 Å². The van der Waals surface area contributed by atoms with E-state index < -0.39 is 0 Å². The van der Waals surface area contributed by atoms with Crippen molar-refractivity contribution < 1.29 is 4.79 Å². The van der Waals surface area contributed by atoms with Gasteiger partial charge in [-0.2, -0.15) is 0 Å². The third-order valence-corrected chi connectivity index (χ3v) is 5.05. The van der Waals surface area contributed by atoms with Gasteiger partial charge in [0.15, 0.2) is 0 Å². The third kappa shape index (κ3) is 3.59. The molecule has 0 spiro atoms. The molecule has 1 amide bonds. The summed E-state index contributed by atoms with van der Waals surface area (Å²) in [5, 5.41) is 4.07. The topological polar surface area (TPSA) is 61.0 Å². The Hall–Kier alpha value is -2.37. The Labute approximate surface area is 157 Å². The molecule has 1 unspecified atom stereocenters. The van der Waals surface area contributed by atoms with Gasteiger partial charge in [-0.05, 0) is 29.8 Å². The minimum Gasteiger partial charge on any atom is -0.342 e. The summed E-state index contributed by atoms with van der Waals surface area (Å²) < 4.78 is 0. The maximum atomic E-state index is 12.9. The number of aromatic amines is 1. The van der Waals surface area contributed by atoms with E-state index in [4.69, 9.17) is 11.6 Å². The maximum absolute atomic E-state index is 12.9. The Bertz CT molecular complexity index is 890. The van der Waals surface area contributed by atoms with Crippen molar-refractivity contribution in [3.05, 3.63) is 64.9 Å². The number of amides is 1. The minimum absolute atomic E-state index is 0.0191. The van der Waals surface area contributed by atoms with Crippen LogP contribution in [0.25, 0.3) is 11.0 Å². The first-order chi connectivity index (χ1) is 12.7. The van der Waals surface area contributed by atoms with E-state index in [0.717, 1.165) is 35.5 Å². The van der Waals surface area contributed by atoms with Crippen LogP contribution in [0.5, 0.6) is 0 Å². The smallest absolute Gasteiger partial charge is 0.223 e. The van der Waals surface area contributed by atoms with E-state index >= 15 is 0 Å². The van der Waals surface area contributed by atoms with E-state index in [-0.39, 0.29) is 11.9 Å². The zero-order valence-electron chi connectivity index (χ0n) is 14.4. The van der Waals surface area contributed by atoms with Gasteiger partial charge >= 0.3 is 0 Å². The molecule has 2 heterocycles. The Morgan fingerprint density at radius 1 is 1.23 bits per heavy atom. The highest BCUT2D eigenvalue weighted by Gasteiger charge is 2.27. The van der Waals surface area contributed by atoms with Gasteiger partial charge < -0.3 is 15.2 Å². The van der Waals surface area contributed by atoms with Crippen LogP contribution in [0.1, 0.15) is 23.9 Å². The number of aryl methyl sites for hydroxylation is 1. The summed E-state index contributed by atoms with van der Waals surface area (Å²) in [6.45, 7) is 2.26. The second-order valence-corrected chi connectivity index (χ2v) is 7.00. The number of fused-ring (bicyclic) bond motifs is 1. The van der Waals surface area contributed by atoms with Crippen LogP contribution < -0.4 is 5.32 Å². The van der Waals surface area contributed by atoms with Gasteiger partial charge in [0.2, 0.25) is 5.91 Å². The van der Waals surface area contributed by atoms with Gasteiger partial charge in [0.05, 0.1) is 17.1 Å². The molecular formula is C20H21ClN4O. The maximum Gasteiger partial charge on any atom is 0.223 e. The molecule has 134 valence electrons. The standard InChI is InChI=1S/C20H21ClN4O/c21-15-5-3-4-14(12-15)18-13-22-10-11-25(18)20(26)9-8-19-23-16-6-1-2-7-17(16)24-19/h1-7,12,18,22H,8-11,13H2,(H,23,24). The van der Waals surface area contributed by atoms with E-state index in [9.17, 15) is 4.79 Å². The van der Waals surface area contributed by atoms with Gasteiger partial charge in [-0.3, -0.25) is 4.79 Å². The van der Waals surface area contributed by atoms with Gasteiger partial charge in [-0.25, -0.2) is 4.98 Å². The molecular weight excluding hydrogens is 348 g/mol. The molecule has 5 nitrogen and oxygen atoms in total. The number of halogens is 1. The zero-order valence-corrected chi connectivity index (χ0v) is 15.2. The molecule has 4 rings (SSSR count). The van der Waals surface area contributed by atoms with Crippen LogP contribution in [-0.2, 0) is 11.2 Å². The van der Waals surface area contributed by atoms with Crippen LogP contribution in [0.3, 0.4) is 0 Å². The second kappa shape index (κ2) is 7.48. The van der Waals surface area contributed by atoms with Crippen molar-refractivity contribution in [3.8, 4) is 0 Å². The molecule has 0 bridgehead atoms. The highest BCUT2D eigenvalue weighted by molar-refractivity contribution is 6.30. The molecule has 26 heavy (non-hydrogen) atoms. The molecule has 1 saturated heterocycles. The Kier molecular flexibility index (Phi) is 4.91. The average Bonchev–Trinajstić information content (AvgIpc) is 3.09. The Morgan fingerprint density at radius 3 is 2.96 bits per heavy atom. The van der Waals surface area contributed by atoms with Crippen molar-refractivity contribution in [1.29, 1.82) is 0 Å². The summed E-state index contributed by atoms with van der Waals surface area (Å²) >= 11 is 6.13. The lowest BCUT2D eigenvalue weighted by atomic mass is 10.0. The zero-order chi connectivity index (χ0) is 17.9. The molecule has 1 aliphatic heterocycles. The van der Waals surface area contributed by atoms with Crippen molar-refractivity contribution in [1.82, 2.24) is 20.2 Å². The Balaban J connectivity index is 1.46. The first-order valence-corrected chi connectivity index (χ1v) is 9.28. The average molecular weight is 369 g/mol. The monoisotopic (exact) mass is 368 g/mol. The fraction of sp³-hybridized carbons (Fsp3) is 0.300. The first kappa shape index (κ1) is 17.1. The third-order valence-electron chi connectivity index (χ3n) is 4.81. The summed E-state index contributed by atoms with van der Waals surface area (Å²) in [7, 11) is 0. The van der Waals surface area contributed by atoms with Crippen LogP contribution in [0.4, 0.5) is 0 Å². The highest BCUT2D eigenvalue weighted by atomic mass is 35.5. The summed E-state index contributed by atoms with van der Waals surface area (Å²) in [4.78, 5) is 22.7. The first-order valence-electron chi connectivity index (χ1n) is 8.90. The van der Waals surface area contributed by atoms with Crippen LogP contribution in [0.15, 0.2) is 48.5 Å². The van der Waals surface area contributed by atoms with Gasteiger partial charge in [0, 0.05) is 37.5 Å². The van der Waals surface area contributed by atoms with Gasteiger partial charge in [-0.15, -0.1) is 0 Å². The van der Waals surface area contributed by atoms with E-state index in [2.05, 4.69) is 15.3 Å². The Morgan fingerprint density at radius 2 is 2.12 bits per heavy atom. The van der Waals surface area contributed by atoms with Crippen molar-refractivity contribution in [3.63, 3.8) is 0 Å². The number of rotatable bonds is 4. The number of imidazole rings is 1. The number of nitrogens with zero attached hydrogens (tertiary/aromatic N) is 2. The number of carbonyl (C=O) groups excluding carboxylic acids is 1. The molecule has 1 aliphatic rings. The molecule has 2 N–H and O–H groups in total. The molecule has 1 aromatic heterocycles. The normalized spacial score (nSPS) is 17.6. The number of benzene rings is 2. The number of para-hydroxylation sites is 2. The number of carbonyl (C=O) groups is 1. The fourth-order valence-electron chi connectivity index (χ4n) is 3.51. The van der Waals surface area contributed by atoms with Gasteiger partial charge in [-0.1, -0.05) is 35.9 Å².